The largest absolute Gasteiger partial charge is 0.369 e. The van der Waals surface area contributed by atoms with Crippen LogP contribution in [-0.4, -0.2) is 85.7 Å². The van der Waals surface area contributed by atoms with E-state index in [1.165, 1.54) is 50.3 Å². The Morgan fingerprint density at radius 1 is 1.11 bits per heavy atom. The van der Waals surface area contributed by atoms with Crippen LogP contribution in [0.4, 0.5) is 0 Å². The first-order valence-corrected chi connectivity index (χ1v) is 11.0. The highest BCUT2D eigenvalue weighted by atomic mass is 15.4. The van der Waals surface area contributed by atoms with E-state index >= 15 is 0 Å². The lowest BCUT2D eigenvalue weighted by Gasteiger charge is -2.35. The Bertz CT molecular complexity index is 523. The summed E-state index contributed by atoms with van der Waals surface area (Å²) >= 11 is 0. The van der Waals surface area contributed by atoms with E-state index in [1.54, 1.807) is 0 Å². The zero-order valence-electron chi connectivity index (χ0n) is 18.7. The number of rotatable bonds is 9. The molecular formula is C23H43N5. The Labute approximate surface area is 173 Å². The predicted molar refractivity (Wildman–Crippen MR) is 121 cm³/mol. The third-order valence-corrected chi connectivity index (χ3v) is 5.84. The number of likely N-dealkylation sites (N-methyl/N-ethyl adjacent to an activating group) is 1. The van der Waals surface area contributed by atoms with Gasteiger partial charge in [-0.1, -0.05) is 32.6 Å². The lowest BCUT2D eigenvalue weighted by atomic mass is 9.95. The number of piperazine rings is 1. The van der Waals surface area contributed by atoms with Crippen LogP contribution in [0.1, 0.15) is 33.6 Å². The molecule has 2 heterocycles. The fourth-order valence-electron chi connectivity index (χ4n) is 4.34. The van der Waals surface area contributed by atoms with Crippen LogP contribution in [0.15, 0.2) is 36.1 Å². The molecule has 2 fully saturated rings. The molecule has 0 aromatic heterocycles. The Morgan fingerprint density at radius 2 is 1.75 bits per heavy atom. The summed E-state index contributed by atoms with van der Waals surface area (Å²) in [7, 11) is 2.23. The molecule has 0 radical (unpaired) electrons. The average molecular weight is 390 g/mol. The van der Waals surface area contributed by atoms with Gasteiger partial charge < -0.3 is 14.7 Å². The van der Waals surface area contributed by atoms with Gasteiger partial charge in [0.25, 0.3) is 0 Å². The molecule has 28 heavy (non-hydrogen) atoms. The minimum Gasteiger partial charge on any atom is -0.369 e. The molecule has 2 aliphatic rings. The number of allylic oxidation sites excluding steroid dienone is 2. The summed E-state index contributed by atoms with van der Waals surface area (Å²) in [6, 6.07) is 0. The third-order valence-electron chi connectivity index (χ3n) is 5.84. The van der Waals surface area contributed by atoms with Gasteiger partial charge in [0.1, 0.15) is 0 Å². The van der Waals surface area contributed by atoms with Gasteiger partial charge in [-0.2, -0.15) is 0 Å². The molecule has 0 aromatic carbocycles. The summed E-state index contributed by atoms with van der Waals surface area (Å²) in [5, 5.41) is 1.90. The van der Waals surface area contributed by atoms with E-state index in [0.717, 1.165) is 44.6 Å². The monoisotopic (exact) mass is 389 g/mol. The van der Waals surface area contributed by atoms with Crippen LogP contribution < -0.4 is 5.84 Å². The zero-order valence-corrected chi connectivity index (χ0v) is 18.7. The molecule has 0 aliphatic carbocycles. The lowest BCUT2D eigenvalue weighted by molar-refractivity contribution is 0.146. The minimum atomic E-state index is 0.774. The second-order valence-electron chi connectivity index (χ2n) is 9.06. The highest BCUT2D eigenvalue weighted by Gasteiger charge is 2.21. The maximum Gasteiger partial charge on any atom is 0.0323 e. The Kier molecular flexibility index (Phi) is 9.72. The van der Waals surface area contributed by atoms with Gasteiger partial charge in [-0.05, 0) is 63.4 Å². The van der Waals surface area contributed by atoms with Crippen LogP contribution in [0.2, 0.25) is 0 Å². The van der Waals surface area contributed by atoms with Crippen molar-refractivity contribution < 1.29 is 0 Å². The number of likely N-dealkylation sites (tertiary alicyclic amines) is 1. The van der Waals surface area contributed by atoms with E-state index in [9.17, 15) is 0 Å². The van der Waals surface area contributed by atoms with Gasteiger partial charge in [-0.25, -0.2) is 5.01 Å². The SMILES string of the molecule is C=C(/C=C\C(=C/C)N1CCN(N)CC1)CN(C)CC1CCN(CC(C)C)CC1. The summed E-state index contributed by atoms with van der Waals surface area (Å²) < 4.78 is 0. The van der Waals surface area contributed by atoms with Gasteiger partial charge in [-0.15, -0.1) is 0 Å². The molecule has 0 spiro atoms. The van der Waals surface area contributed by atoms with Crippen LogP contribution in [0.5, 0.6) is 0 Å². The van der Waals surface area contributed by atoms with Crippen LogP contribution in [0, 0.1) is 11.8 Å². The molecule has 5 nitrogen and oxygen atoms in total. The number of nitrogens with zero attached hydrogens (tertiary/aromatic N) is 4. The van der Waals surface area contributed by atoms with Crippen molar-refractivity contribution in [1.29, 1.82) is 0 Å². The second kappa shape index (κ2) is 11.8. The van der Waals surface area contributed by atoms with Gasteiger partial charge in [0.15, 0.2) is 0 Å². The van der Waals surface area contributed by atoms with Crippen LogP contribution in [-0.2, 0) is 0 Å². The summed E-state index contributed by atoms with van der Waals surface area (Å²) in [5.41, 5.74) is 2.45. The van der Waals surface area contributed by atoms with E-state index in [0.29, 0.717) is 0 Å². The smallest absolute Gasteiger partial charge is 0.0323 e. The Hall–Kier alpha value is -1.14. The van der Waals surface area contributed by atoms with Crippen molar-refractivity contribution in [2.24, 2.45) is 17.7 Å². The fraction of sp³-hybridized carbons (Fsp3) is 0.739. The standard InChI is InChI=1S/C23H43N5/c1-6-23(27-13-15-28(24)16-14-27)8-7-21(4)18-25(5)19-22-9-11-26(12-10-22)17-20(2)3/h6-8,20,22H,4,9-19,24H2,1-3,5H3/b8-7-,23-6+. The average Bonchev–Trinajstić information content (AvgIpc) is 2.64. The van der Waals surface area contributed by atoms with Gasteiger partial charge >= 0.3 is 0 Å². The summed E-state index contributed by atoms with van der Waals surface area (Å²) in [4.78, 5) is 7.48. The van der Waals surface area contributed by atoms with Gasteiger partial charge in [-0.3, -0.25) is 5.84 Å². The number of hydrazine groups is 1. The van der Waals surface area contributed by atoms with Crippen molar-refractivity contribution in [2.75, 3.05) is 66.0 Å². The summed E-state index contributed by atoms with van der Waals surface area (Å²) in [5.74, 6) is 7.46. The molecule has 2 saturated heterocycles. The van der Waals surface area contributed by atoms with Gasteiger partial charge in [0.2, 0.25) is 0 Å². The molecule has 0 amide bonds. The highest BCUT2D eigenvalue weighted by molar-refractivity contribution is 5.26. The van der Waals surface area contributed by atoms with Crippen molar-refractivity contribution in [3.05, 3.63) is 36.1 Å². The van der Waals surface area contributed by atoms with Crippen molar-refractivity contribution in [3.63, 3.8) is 0 Å². The molecule has 0 atom stereocenters. The minimum absolute atomic E-state index is 0.774. The maximum absolute atomic E-state index is 5.87. The fourth-order valence-corrected chi connectivity index (χ4v) is 4.34. The molecule has 5 heteroatoms. The highest BCUT2D eigenvalue weighted by Crippen LogP contribution is 2.19. The predicted octanol–water partition coefficient (Wildman–Crippen LogP) is 2.79. The maximum atomic E-state index is 5.87. The molecule has 0 unspecified atom stereocenters. The normalized spacial score (nSPS) is 21.4. The number of piperidine rings is 1. The van der Waals surface area contributed by atoms with E-state index in [4.69, 9.17) is 5.84 Å². The van der Waals surface area contributed by atoms with E-state index in [1.807, 2.05) is 5.01 Å². The van der Waals surface area contributed by atoms with Crippen molar-refractivity contribution >= 4 is 0 Å². The molecule has 0 aromatic rings. The Balaban J connectivity index is 1.71. The van der Waals surface area contributed by atoms with Crippen molar-refractivity contribution in [1.82, 2.24) is 19.7 Å². The second-order valence-corrected chi connectivity index (χ2v) is 9.06. The first-order valence-electron chi connectivity index (χ1n) is 11.0. The van der Waals surface area contributed by atoms with Gasteiger partial charge in [0, 0.05) is 51.5 Å². The van der Waals surface area contributed by atoms with E-state index < -0.39 is 0 Å². The molecule has 2 rings (SSSR count). The molecule has 2 N–H and O–H groups in total. The first kappa shape index (κ1) is 23.1. The Morgan fingerprint density at radius 3 is 2.32 bits per heavy atom. The summed E-state index contributed by atoms with van der Waals surface area (Å²) in [6.07, 6.45) is 9.24. The van der Waals surface area contributed by atoms with E-state index in [2.05, 4.69) is 67.3 Å². The third kappa shape index (κ3) is 8.08. The number of nitrogens with two attached hydrogens (primary N) is 1. The molecule has 160 valence electrons. The van der Waals surface area contributed by atoms with Gasteiger partial charge in [0.05, 0.1) is 0 Å². The number of hydrogen-bond acceptors (Lipinski definition) is 5. The summed E-state index contributed by atoms with van der Waals surface area (Å²) in [6.45, 7) is 20.7. The zero-order chi connectivity index (χ0) is 20.5. The molecule has 2 aliphatic heterocycles. The molecular weight excluding hydrogens is 346 g/mol. The van der Waals surface area contributed by atoms with Crippen LogP contribution >= 0.6 is 0 Å². The van der Waals surface area contributed by atoms with Crippen LogP contribution in [0.3, 0.4) is 0 Å². The molecule has 0 bridgehead atoms. The quantitative estimate of drug-likeness (QED) is 0.485. The van der Waals surface area contributed by atoms with E-state index in [-0.39, 0.29) is 0 Å². The van der Waals surface area contributed by atoms with Crippen molar-refractivity contribution in [3.8, 4) is 0 Å². The molecule has 0 saturated carbocycles. The topological polar surface area (TPSA) is 39.0 Å². The van der Waals surface area contributed by atoms with Crippen molar-refractivity contribution in [2.45, 2.75) is 33.6 Å². The first-order chi connectivity index (χ1) is 13.4. The van der Waals surface area contributed by atoms with Crippen LogP contribution in [0.25, 0.3) is 0 Å². The number of hydrogen-bond donors (Lipinski definition) is 1. The lowest BCUT2D eigenvalue weighted by Crippen LogP contribution is -2.48.